The number of rotatable bonds is 11. The van der Waals surface area contributed by atoms with Crippen LogP contribution >= 0.6 is 11.6 Å². The Morgan fingerprint density at radius 3 is 2.26 bits per heavy atom. The Balaban J connectivity index is 2.04. The molecule has 0 aromatic heterocycles. The van der Waals surface area contributed by atoms with Crippen LogP contribution in [0.3, 0.4) is 0 Å². The lowest BCUT2D eigenvalue weighted by atomic mass is 10.0. The number of nitrogens with one attached hydrogen (secondary N) is 1. The summed E-state index contributed by atoms with van der Waals surface area (Å²) in [6.45, 7) is -0.709. The quantitative estimate of drug-likeness (QED) is 0.283. The molecule has 2 amide bonds. The summed E-state index contributed by atoms with van der Waals surface area (Å²) in [7, 11) is -2.58. The number of hydrogen-bond acceptors (Lipinski definition) is 6. The number of benzene rings is 3. The standard InChI is InChI=1S/C26H27ClN4O6S/c1-28-26(33)24(15-19-8-4-3-5-9-19)29(17-20-10-6-11-21(27)14-20)25(32)18-30(38(2,36)37)22-12-7-13-23(16-22)31(34)35/h3-14,16,24H,15,17-18H2,1-2H3,(H,28,33)/t24-/m1/s1. The Morgan fingerprint density at radius 2 is 1.66 bits per heavy atom. The van der Waals surface area contributed by atoms with Crippen molar-refractivity contribution in [3.05, 3.63) is 105 Å². The number of nitro benzene ring substituents is 1. The first kappa shape index (κ1) is 28.6. The van der Waals surface area contributed by atoms with Gasteiger partial charge in [0.15, 0.2) is 0 Å². The van der Waals surface area contributed by atoms with Crippen LogP contribution < -0.4 is 9.62 Å². The number of nitro groups is 1. The number of sulfonamides is 1. The van der Waals surface area contributed by atoms with E-state index in [1.54, 1.807) is 24.3 Å². The maximum Gasteiger partial charge on any atom is 0.271 e. The van der Waals surface area contributed by atoms with Crippen LogP contribution in [0.4, 0.5) is 11.4 Å². The monoisotopic (exact) mass is 558 g/mol. The zero-order chi connectivity index (χ0) is 27.9. The normalized spacial score (nSPS) is 11.9. The number of carbonyl (C=O) groups excluding carboxylic acids is 2. The molecule has 0 fully saturated rings. The Hall–Kier alpha value is -3.96. The molecule has 0 saturated carbocycles. The molecule has 3 aromatic carbocycles. The lowest BCUT2D eigenvalue weighted by Crippen LogP contribution is -2.52. The summed E-state index contributed by atoms with van der Waals surface area (Å²) in [5, 5.41) is 14.3. The maximum atomic E-state index is 13.8. The predicted octanol–water partition coefficient (Wildman–Crippen LogP) is 3.40. The third-order valence-corrected chi connectivity index (χ3v) is 7.14. The van der Waals surface area contributed by atoms with Gasteiger partial charge in [-0.3, -0.25) is 24.0 Å². The van der Waals surface area contributed by atoms with Crippen molar-refractivity contribution in [1.82, 2.24) is 10.2 Å². The van der Waals surface area contributed by atoms with Crippen LogP contribution in [0.15, 0.2) is 78.9 Å². The van der Waals surface area contributed by atoms with Gasteiger partial charge in [-0.25, -0.2) is 8.42 Å². The average Bonchev–Trinajstić information content (AvgIpc) is 2.88. The van der Waals surface area contributed by atoms with Crippen LogP contribution in [0.25, 0.3) is 0 Å². The minimum Gasteiger partial charge on any atom is -0.357 e. The van der Waals surface area contributed by atoms with Gasteiger partial charge in [0.2, 0.25) is 21.8 Å². The average molecular weight is 559 g/mol. The minimum absolute atomic E-state index is 0.0309. The predicted molar refractivity (Wildman–Crippen MR) is 145 cm³/mol. The molecular weight excluding hydrogens is 532 g/mol. The van der Waals surface area contributed by atoms with Gasteiger partial charge >= 0.3 is 0 Å². The molecule has 3 rings (SSSR count). The van der Waals surface area contributed by atoms with E-state index in [2.05, 4.69) is 5.32 Å². The molecule has 12 heteroatoms. The van der Waals surface area contributed by atoms with Crippen LogP contribution in [0.2, 0.25) is 5.02 Å². The number of non-ortho nitro benzene ring substituents is 1. The van der Waals surface area contributed by atoms with Gasteiger partial charge in [-0.05, 0) is 29.3 Å². The number of anilines is 1. The minimum atomic E-state index is -4.04. The Kier molecular flexibility index (Phi) is 9.43. The van der Waals surface area contributed by atoms with Gasteiger partial charge in [0.25, 0.3) is 5.69 Å². The second kappa shape index (κ2) is 12.5. The molecule has 10 nitrogen and oxygen atoms in total. The Bertz CT molecular complexity index is 1420. The summed E-state index contributed by atoms with van der Waals surface area (Å²) in [6, 6.07) is 19.9. The number of amides is 2. The third-order valence-electron chi connectivity index (χ3n) is 5.77. The Morgan fingerprint density at radius 1 is 1.00 bits per heavy atom. The van der Waals surface area contributed by atoms with Gasteiger partial charge in [0, 0.05) is 37.2 Å². The molecule has 200 valence electrons. The van der Waals surface area contributed by atoms with E-state index in [-0.39, 0.29) is 24.3 Å². The molecule has 3 aromatic rings. The van der Waals surface area contributed by atoms with E-state index in [9.17, 15) is 28.1 Å². The molecule has 0 spiro atoms. The zero-order valence-corrected chi connectivity index (χ0v) is 22.4. The lowest BCUT2D eigenvalue weighted by Gasteiger charge is -2.33. The molecule has 38 heavy (non-hydrogen) atoms. The zero-order valence-electron chi connectivity index (χ0n) is 20.8. The third kappa shape index (κ3) is 7.53. The van der Waals surface area contributed by atoms with Gasteiger partial charge in [0.1, 0.15) is 12.6 Å². The highest BCUT2D eigenvalue weighted by Gasteiger charge is 2.33. The summed E-state index contributed by atoms with van der Waals surface area (Å²) in [5.74, 6) is -1.11. The van der Waals surface area contributed by atoms with Crippen molar-refractivity contribution in [3.8, 4) is 0 Å². The summed E-state index contributed by atoms with van der Waals surface area (Å²) in [5.41, 5.74) is 1.06. The van der Waals surface area contributed by atoms with Gasteiger partial charge in [0.05, 0.1) is 16.9 Å². The molecule has 0 heterocycles. The summed E-state index contributed by atoms with van der Waals surface area (Å²) < 4.78 is 26.2. The van der Waals surface area contributed by atoms with Gasteiger partial charge in [-0.15, -0.1) is 0 Å². The second-order valence-corrected chi connectivity index (χ2v) is 10.9. The van der Waals surface area contributed by atoms with E-state index < -0.39 is 39.3 Å². The van der Waals surface area contributed by atoms with Gasteiger partial charge in [-0.2, -0.15) is 0 Å². The fraction of sp³-hybridized carbons (Fsp3) is 0.231. The molecular formula is C26H27ClN4O6S. The molecule has 0 aliphatic heterocycles. The maximum absolute atomic E-state index is 13.8. The van der Waals surface area contributed by atoms with Crippen LogP contribution in [-0.2, 0) is 32.6 Å². The topological polar surface area (TPSA) is 130 Å². The molecule has 0 aliphatic rings. The number of halogens is 1. The van der Waals surface area contributed by atoms with Crippen molar-refractivity contribution < 1.29 is 22.9 Å². The Labute approximate surface area is 226 Å². The highest BCUT2D eigenvalue weighted by atomic mass is 35.5. The van der Waals surface area contributed by atoms with Gasteiger partial charge in [-0.1, -0.05) is 60.1 Å². The molecule has 1 N–H and O–H groups in total. The highest BCUT2D eigenvalue weighted by molar-refractivity contribution is 7.92. The molecule has 0 radical (unpaired) electrons. The van der Waals surface area contributed by atoms with E-state index in [0.717, 1.165) is 22.2 Å². The number of likely N-dealkylation sites (N-methyl/N-ethyl adjacent to an activating group) is 1. The van der Waals surface area contributed by atoms with Crippen molar-refractivity contribution in [2.24, 2.45) is 0 Å². The van der Waals surface area contributed by atoms with Crippen LogP contribution in [-0.4, -0.2) is 55.9 Å². The van der Waals surface area contributed by atoms with Crippen molar-refractivity contribution in [2.75, 3.05) is 24.2 Å². The van der Waals surface area contributed by atoms with Crippen LogP contribution in [0.1, 0.15) is 11.1 Å². The number of carbonyl (C=O) groups is 2. The summed E-state index contributed by atoms with van der Waals surface area (Å²) in [4.78, 5) is 38.8. The molecule has 0 unspecified atom stereocenters. The fourth-order valence-electron chi connectivity index (χ4n) is 3.93. The van der Waals surface area contributed by atoms with Gasteiger partial charge < -0.3 is 10.2 Å². The van der Waals surface area contributed by atoms with Crippen LogP contribution in [0, 0.1) is 10.1 Å². The smallest absolute Gasteiger partial charge is 0.271 e. The number of nitrogens with zero attached hydrogens (tertiary/aromatic N) is 3. The van der Waals surface area contributed by atoms with Crippen LogP contribution in [0.5, 0.6) is 0 Å². The van der Waals surface area contributed by atoms with E-state index in [0.29, 0.717) is 10.6 Å². The first-order valence-electron chi connectivity index (χ1n) is 11.5. The first-order chi connectivity index (χ1) is 18.0. The summed E-state index contributed by atoms with van der Waals surface area (Å²) >= 11 is 6.15. The largest absolute Gasteiger partial charge is 0.357 e. The highest BCUT2D eigenvalue weighted by Crippen LogP contribution is 2.24. The molecule has 0 aliphatic carbocycles. The molecule has 0 saturated heterocycles. The second-order valence-electron chi connectivity index (χ2n) is 8.52. The van der Waals surface area contributed by atoms with Crippen molar-refractivity contribution >= 4 is 44.8 Å². The fourth-order valence-corrected chi connectivity index (χ4v) is 4.98. The number of hydrogen-bond donors (Lipinski definition) is 1. The van der Waals surface area contributed by atoms with E-state index in [1.165, 1.54) is 30.1 Å². The van der Waals surface area contributed by atoms with E-state index in [4.69, 9.17) is 11.6 Å². The van der Waals surface area contributed by atoms with E-state index >= 15 is 0 Å². The van der Waals surface area contributed by atoms with Crippen molar-refractivity contribution in [1.29, 1.82) is 0 Å². The SMILES string of the molecule is CNC(=O)[C@@H](Cc1ccccc1)N(Cc1cccc(Cl)c1)C(=O)CN(c1cccc([N+](=O)[O-])c1)S(C)(=O)=O. The van der Waals surface area contributed by atoms with Crippen molar-refractivity contribution in [3.63, 3.8) is 0 Å². The first-order valence-corrected chi connectivity index (χ1v) is 13.7. The van der Waals surface area contributed by atoms with Crippen molar-refractivity contribution in [2.45, 2.75) is 19.0 Å². The van der Waals surface area contributed by atoms with E-state index in [1.807, 2.05) is 30.3 Å². The molecule has 0 bridgehead atoms. The summed E-state index contributed by atoms with van der Waals surface area (Å²) in [6.07, 6.45) is 1.07. The lowest BCUT2D eigenvalue weighted by molar-refractivity contribution is -0.384. The molecule has 1 atom stereocenters.